The molecule has 0 spiro atoms. The number of rotatable bonds is 0. The van der Waals surface area contributed by atoms with E-state index in [-0.39, 0.29) is 0 Å². The van der Waals surface area contributed by atoms with Gasteiger partial charge in [-0.2, -0.15) is 0 Å². The van der Waals surface area contributed by atoms with Crippen LogP contribution in [0.1, 0.15) is 24.6 Å². The zero-order chi connectivity index (χ0) is 8.55. The first kappa shape index (κ1) is 7.59. The Bertz CT molecular complexity index is 296. The third-order valence-electron chi connectivity index (χ3n) is 2.49. The Hall–Kier alpha value is -1.05. The molecule has 12 heavy (non-hydrogen) atoms. The first-order valence-electron chi connectivity index (χ1n) is 4.42. The average Bonchev–Trinajstić information content (AvgIpc) is 2.03. The lowest BCUT2D eigenvalue weighted by atomic mass is 9.88. The van der Waals surface area contributed by atoms with Crippen LogP contribution >= 0.6 is 0 Å². The lowest BCUT2D eigenvalue weighted by Crippen LogP contribution is -2.12. The van der Waals surface area contributed by atoms with Crippen molar-refractivity contribution in [3.05, 3.63) is 23.5 Å². The van der Waals surface area contributed by atoms with Crippen LogP contribution in [0.2, 0.25) is 0 Å². The fraction of sp³-hybridized carbons (Fsp3) is 0.500. The van der Waals surface area contributed by atoms with E-state index in [9.17, 15) is 5.11 Å². The highest BCUT2D eigenvalue weighted by Gasteiger charge is 2.15. The summed E-state index contributed by atoms with van der Waals surface area (Å²) < 4.78 is 0. The van der Waals surface area contributed by atoms with Crippen molar-refractivity contribution in [2.24, 2.45) is 5.92 Å². The van der Waals surface area contributed by atoms with Crippen molar-refractivity contribution >= 4 is 0 Å². The van der Waals surface area contributed by atoms with Gasteiger partial charge in [0.1, 0.15) is 5.75 Å². The van der Waals surface area contributed by atoms with Gasteiger partial charge >= 0.3 is 0 Å². The van der Waals surface area contributed by atoms with Gasteiger partial charge in [0.15, 0.2) is 0 Å². The van der Waals surface area contributed by atoms with Crippen LogP contribution in [-0.4, -0.2) is 10.1 Å². The summed E-state index contributed by atoms with van der Waals surface area (Å²) in [6.45, 7) is 2.24. The van der Waals surface area contributed by atoms with E-state index in [1.165, 1.54) is 23.9 Å². The van der Waals surface area contributed by atoms with E-state index in [0.717, 1.165) is 18.8 Å². The Morgan fingerprint density at radius 1 is 1.58 bits per heavy atom. The van der Waals surface area contributed by atoms with E-state index in [1.54, 1.807) is 0 Å². The highest BCUT2D eigenvalue weighted by molar-refractivity contribution is 5.30. The van der Waals surface area contributed by atoms with Crippen LogP contribution in [0, 0.1) is 5.92 Å². The Morgan fingerprint density at radius 2 is 2.42 bits per heavy atom. The molecule has 0 saturated carbocycles. The molecule has 0 radical (unpaired) electrons. The zero-order valence-electron chi connectivity index (χ0n) is 7.25. The molecule has 1 N–H and O–H groups in total. The predicted octanol–water partition coefficient (Wildman–Crippen LogP) is 1.91. The van der Waals surface area contributed by atoms with Crippen LogP contribution in [-0.2, 0) is 12.8 Å². The van der Waals surface area contributed by atoms with Crippen molar-refractivity contribution in [2.45, 2.75) is 26.2 Å². The Labute approximate surface area is 72.3 Å². The number of aromatic hydroxyl groups is 1. The van der Waals surface area contributed by atoms with Gasteiger partial charge < -0.3 is 5.11 Å². The lowest BCUT2D eigenvalue weighted by molar-refractivity contribution is 0.459. The number of hydrogen-bond donors (Lipinski definition) is 1. The van der Waals surface area contributed by atoms with Gasteiger partial charge in [-0.05, 0) is 36.8 Å². The minimum atomic E-state index is 0.294. The van der Waals surface area contributed by atoms with Gasteiger partial charge in [0.2, 0.25) is 0 Å². The van der Waals surface area contributed by atoms with Crippen LogP contribution in [0.4, 0.5) is 0 Å². The third kappa shape index (κ3) is 1.29. The van der Waals surface area contributed by atoms with E-state index in [4.69, 9.17) is 0 Å². The molecule has 1 aliphatic carbocycles. The van der Waals surface area contributed by atoms with Crippen molar-refractivity contribution in [2.75, 3.05) is 0 Å². The highest BCUT2D eigenvalue weighted by Crippen LogP contribution is 2.25. The van der Waals surface area contributed by atoms with E-state index >= 15 is 0 Å². The minimum Gasteiger partial charge on any atom is -0.506 e. The van der Waals surface area contributed by atoms with Gasteiger partial charge in [0.25, 0.3) is 0 Å². The van der Waals surface area contributed by atoms with Crippen molar-refractivity contribution in [3.8, 4) is 5.75 Å². The summed E-state index contributed by atoms with van der Waals surface area (Å²) in [6, 6.07) is 1.85. The molecule has 1 heterocycles. The molecule has 2 rings (SSSR count). The number of nitrogens with zero attached hydrogens (tertiary/aromatic N) is 1. The quantitative estimate of drug-likeness (QED) is 0.633. The molecule has 2 heteroatoms. The molecule has 1 aromatic rings. The van der Waals surface area contributed by atoms with E-state index < -0.39 is 0 Å². The lowest BCUT2D eigenvalue weighted by Gasteiger charge is -2.19. The van der Waals surface area contributed by atoms with Gasteiger partial charge in [-0.15, -0.1) is 0 Å². The van der Waals surface area contributed by atoms with Crippen LogP contribution in [0.3, 0.4) is 0 Å². The fourth-order valence-corrected chi connectivity index (χ4v) is 1.79. The molecule has 0 bridgehead atoms. The Balaban J connectivity index is 2.37. The first-order chi connectivity index (χ1) is 5.75. The number of pyridine rings is 1. The highest BCUT2D eigenvalue weighted by atomic mass is 16.3. The maximum absolute atomic E-state index is 9.21. The van der Waals surface area contributed by atoms with Gasteiger partial charge in [-0.25, -0.2) is 0 Å². The topological polar surface area (TPSA) is 33.1 Å². The largest absolute Gasteiger partial charge is 0.506 e. The van der Waals surface area contributed by atoms with E-state index in [2.05, 4.69) is 11.9 Å². The zero-order valence-corrected chi connectivity index (χ0v) is 7.25. The number of hydrogen-bond acceptors (Lipinski definition) is 2. The summed E-state index contributed by atoms with van der Waals surface area (Å²) >= 11 is 0. The number of fused-ring (bicyclic) bond motifs is 1. The molecular formula is C10H13NO. The molecule has 1 atom stereocenters. The van der Waals surface area contributed by atoms with Crippen LogP contribution in [0.25, 0.3) is 0 Å². The second kappa shape index (κ2) is 2.77. The standard InChI is InChI=1S/C10H13NO/c1-7-2-3-10-8(4-7)5-9(12)6-11-10/h5-7,12H,2-4H2,1H3. The maximum atomic E-state index is 9.21. The fourth-order valence-electron chi connectivity index (χ4n) is 1.79. The van der Waals surface area contributed by atoms with E-state index in [1.807, 2.05) is 6.07 Å². The van der Waals surface area contributed by atoms with Gasteiger partial charge in [-0.1, -0.05) is 6.92 Å². The minimum absolute atomic E-state index is 0.294. The molecule has 0 aliphatic heterocycles. The molecule has 2 nitrogen and oxygen atoms in total. The van der Waals surface area contributed by atoms with Gasteiger partial charge in [0.05, 0.1) is 6.20 Å². The smallest absolute Gasteiger partial charge is 0.134 e. The number of aromatic nitrogens is 1. The molecule has 64 valence electrons. The van der Waals surface area contributed by atoms with Crippen LogP contribution in [0.15, 0.2) is 12.3 Å². The van der Waals surface area contributed by atoms with Crippen molar-refractivity contribution < 1.29 is 5.11 Å². The molecule has 0 fully saturated rings. The second-order valence-corrected chi connectivity index (χ2v) is 3.65. The molecule has 0 saturated heterocycles. The summed E-state index contributed by atoms with van der Waals surface area (Å²) in [5, 5.41) is 9.21. The monoisotopic (exact) mass is 163 g/mol. The average molecular weight is 163 g/mol. The van der Waals surface area contributed by atoms with Crippen LogP contribution < -0.4 is 0 Å². The SMILES string of the molecule is CC1CCc2ncc(O)cc2C1. The summed E-state index contributed by atoms with van der Waals surface area (Å²) in [5.74, 6) is 1.03. The summed E-state index contributed by atoms with van der Waals surface area (Å²) in [5.41, 5.74) is 2.40. The van der Waals surface area contributed by atoms with Crippen molar-refractivity contribution in [3.63, 3.8) is 0 Å². The van der Waals surface area contributed by atoms with Crippen molar-refractivity contribution in [1.82, 2.24) is 4.98 Å². The number of aryl methyl sites for hydroxylation is 1. The molecule has 0 amide bonds. The molecule has 1 aromatic heterocycles. The van der Waals surface area contributed by atoms with Gasteiger partial charge in [0, 0.05) is 5.69 Å². The van der Waals surface area contributed by atoms with E-state index in [0.29, 0.717) is 5.75 Å². The third-order valence-corrected chi connectivity index (χ3v) is 2.49. The Kier molecular flexibility index (Phi) is 1.75. The summed E-state index contributed by atoms with van der Waals surface area (Å²) in [4.78, 5) is 4.20. The molecular weight excluding hydrogens is 150 g/mol. The molecule has 0 aromatic carbocycles. The second-order valence-electron chi connectivity index (χ2n) is 3.65. The normalized spacial score (nSPS) is 21.9. The molecule has 1 aliphatic rings. The van der Waals surface area contributed by atoms with Crippen LogP contribution in [0.5, 0.6) is 5.75 Å². The van der Waals surface area contributed by atoms with Crippen molar-refractivity contribution in [1.29, 1.82) is 0 Å². The summed E-state index contributed by atoms with van der Waals surface area (Å²) in [7, 11) is 0. The van der Waals surface area contributed by atoms with Gasteiger partial charge in [-0.3, -0.25) is 4.98 Å². The predicted molar refractivity (Wildman–Crippen MR) is 47.1 cm³/mol. The summed E-state index contributed by atoms with van der Waals surface area (Å²) in [6.07, 6.45) is 4.90. The Morgan fingerprint density at radius 3 is 3.25 bits per heavy atom. The maximum Gasteiger partial charge on any atom is 0.134 e. The first-order valence-corrected chi connectivity index (χ1v) is 4.42. The molecule has 1 unspecified atom stereocenters.